The smallest absolute Gasteiger partial charge is 0.306 e. The largest absolute Gasteiger partial charge is 0.465 e. The molecule has 1 fully saturated rings. The standard InChI is InChI=1S/C18H32O4/c1-13(2)9-17(19)21-11-15-5-7-16(8-6-15)12-22-18(20)10-14(3)4/h13-16H,5-12H2,1-4H3. The maximum Gasteiger partial charge on any atom is 0.306 e. The van der Waals surface area contributed by atoms with Gasteiger partial charge in [0.05, 0.1) is 13.2 Å². The van der Waals surface area contributed by atoms with Gasteiger partial charge in [-0.2, -0.15) is 0 Å². The molecule has 0 spiro atoms. The van der Waals surface area contributed by atoms with E-state index in [0.717, 1.165) is 25.7 Å². The molecule has 0 saturated heterocycles. The minimum atomic E-state index is -0.0836. The molecule has 0 heterocycles. The predicted octanol–water partition coefficient (Wildman–Crippen LogP) is 3.97. The molecule has 0 N–H and O–H groups in total. The molecular weight excluding hydrogens is 280 g/mol. The number of carbonyl (C=O) groups excluding carboxylic acids is 2. The molecule has 4 heteroatoms. The summed E-state index contributed by atoms with van der Waals surface area (Å²) in [5.41, 5.74) is 0. The van der Waals surface area contributed by atoms with Crippen LogP contribution in [0.15, 0.2) is 0 Å². The first-order valence-electron chi connectivity index (χ1n) is 8.68. The highest BCUT2D eigenvalue weighted by molar-refractivity contribution is 5.69. The Kier molecular flexibility index (Phi) is 8.51. The SMILES string of the molecule is CC(C)CC(=O)OCC1CCC(COC(=O)CC(C)C)CC1. The highest BCUT2D eigenvalue weighted by Crippen LogP contribution is 2.29. The van der Waals surface area contributed by atoms with Crippen molar-refractivity contribution in [3.8, 4) is 0 Å². The van der Waals surface area contributed by atoms with Crippen LogP contribution in [0.5, 0.6) is 0 Å². The van der Waals surface area contributed by atoms with Gasteiger partial charge in [0.1, 0.15) is 0 Å². The lowest BCUT2D eigenvalue weighted by molar-refractivity contribution is -0.148. The van der Waals surface area contributed by atoms with Crippen LogP contribution in [0.1, 0.15) is 66.2 Å². The van der Waals surface area contributed by atoms with E-state index in [2.05, 4.69) is 0 Å². The number of ether oxygens (including phenoxy) is 2. The highest BCUT2D eigenvalue weighted by Gasteiger charge is 2.23. The lowest BCUT2D eigenvalue weighted by Gasteiger charge is -2.28. The average Bonchev–Trinajstić information content (AvgIpc) is 2.42. The Morgan fingerprint density at radius 2 is 1.09 bits per heavy atom. The summed E-state index contributed by atoms with van der Waals surface area (Å²) >= 11 is 0. The summed E-state index contributed by atoms with van der Waals surface area (Å²) in [6.07, 6.45) is 5.23. The van der Waals surface area contributed by atoms with Crippen LogP contribution in [0.3, 0.4) is 0 Å². The quantitative estimate of drug-likeness (QED) is 0.636. The molecule has 4 nitrogen and oxygen atoms in total. The zero-order valence-electron chi connectivity index (χ0n) is 14.6. The number of carbonyl (C=O) groups is 2. The third-order valence-electron chi connectivity index (χ3n) is 4.08. The Morgan fingerprint density at radius 1 is 0.773 bits per heavy atom. The van der Waals surface area contributed by atoms with E-state index in [-0.39, 0.29) is 11.9 Å². The van der Waals surface area contributed by atoms with Crippen molar-refractivity contribution in [2.45, 2.75) is 66.2 Å². The van der Waals surface area contributed by atoms with E-state index in [9.17, 15) is 9.59 Å². The van der Waals surface area contributed by atoms with Gasteiger partial charge in [0.25, 0.3) is 0 Å². The maximum atomic E-state index is 11.5. The van der Waals surface area contributed by atoms with Gasteiger partial charge in [0, 0.05) is 12.8 Å². The molecule has 0 amide bonds. The van der Waals surface area contributed by atoms with E-state index in [1.165, 1.54) is 0 Å². The van der Waals surface area contributed by atoms with Crippen molar-refractivity contribution in [3.63, 3.8) is 0 Å². The summed E-state index contributed by atoms with van der Waals surface area (Å²) in [5.74, 6) is 1.48. The molecule has 22 heavy (non-hydrogen) atoms. The minimum Gasteiger partial charge on any atom is -0.465 e. The molecule has 1 aliphatic rings. The molecule has 0 aromatic rings. The van der Waals surface area contributed by atoms with E-state index in [1.807, 2.05) is 27.7 Å². The Bertz CT molecular complexity index is 307. The second-order valence-electron chi connectivity index (χ2n) is 7.45. The van der Waals surface area contributed by atoms with Gasteiger partial charge in [-0.05, 0) is 49.4 Å². The summed E-state index contributed by atoms with van der Waals surface area (Å²) in [6, 6.07) is 0. The first-order valence-corrected chi connectivity index (χ1v) is 8.68. The summed E-state index contributed by atoms with van der Waals surface area (Å²) in [5, 5.41) is 0. The minimum absolute atomic E-state index is 0.0836. The average molecular weight is 312 g/mol. The number of esters is 2. The van der Waals surface area contributed by atoms with Crippen LogP contribution in [-0.4, -0.2) is 25.2 Å². The Labute approximate surface area is 134 Å². The summed E-state index contributed by atoms with van der Waals surface area (Å²) < 4.78 is 10.7. The van der Waals surface area contributed by atoms with Crippen LogP contribution in [0.2, 0.25) is 0 Å². The van der Waals surface area contributed by atoms with E-state index in [0.29, 0.717) is 49.7 Å². The fourth-order valence-corrected chi connectivity index (χ4v) is 2.77. The van der Waals surface area contributed by atoms with Gasteiger partial charge in [-0.1, -0.05) is 27.7 Å². The molecule has 0 bridgehead atoms. The summed E-state index contributed by atoms with van der Waals surface area (Å²) in [7, 11) is 0. The van der Waals surface area contributed by atoms with Crippen molar-refractivity contribution in [2.75, 3.05) is 13.2 Å². The van der Waals surface area contributed by atoms with Gasteiger partial charge in [-0.15, -0.1) is 0 Å². The second-order valence-corrected chi connectivity index (χ2v) is 7.45. The van der Waals surface area contributed by atoms with Gasteiger partial charge in [-0.25, -0.2) is 0 Å². The van der Waals surface area contributed by atoms with Gasteiger partial charge in [-0.3, -0.25) is 9.59 Å². The molecule has 1 rings (SSSR count). The lowest BCUT2D eigenvalue weighted by atomic mass is 9.83. The van der Waals surface area contributed by atoms with Crippen LogP contribution in [-0.2, 0) is 19.1 Å². The van der Waals surface area contributed by atoms with Crippen molar-refractivity contribution < 1.29 is 19.1 Å². The van der Waals surface area contributed by atoms with Crippen LogP contribution in [0.4, 0.5) is 0 Å². The van der Waals surface area contributed by atoms with E-state index >= 15 is 0 Å². The first-order chi connectivity index (χ1) is 10.4. The zero-order valence-corrected chi connectivity index (χ0v) is 14.6. The van der Waals surface area contributed by atoms with Gasteiger partial charge < -0.3 is 9.47 Å². The molecular formula is C18H32O4. The molecule has 128 valence electrons. The van der Waals surface area contributed by atoms with Crippen molar-refractivity contribution in [3.05, 3.63) is 0 Å². The molecule has 0 unspecified atom stereocenters. The van der Waals surface area contributed by atoms with Crippen molar-refractivity contribution in [2.24, 2.45) is 23.7 Å². The normalized spacial score (nSPS) is 21.9. The van der Waals surface area contributed by atoms with Gasteiger partial charge in [0.15, 0.2) is 0 Å². The molecule has 0 aliphatic heterocycles. The third-order valence-corrected chi connectivity index (χ3v) is 4.08. The van der Waals surface area contributed by atoms with Crippen LogP contribution >= 0.6 is 0 Å². The summed E-state index contributed by atoms with van der Waals surface area (Å²) in [6.45, 7) is 9.18. The predicted molar refractivity (Wildman–Crippen MR) is 86.3 cm³/mol. The van der Waals surface area contributed by atoms with Gasteiger partial charge >= 0.3 is 11.9 Å². The Balaban J connectivity index is 2.13. The summed E-state index contributed by atoms with van der Waals surface area (Å²) in [4.78, 5) is 23.1. The maximum absolute atomic E-state index is 11.5. The van der Waals surface area contributed by atoms with Crippen LogP contribution in [0, 0.1) is 23.7 Å². The lowest BCUT2D eigenvalue weighted by Crippen LogP contribution is -2.24. The number of hydrogen-bond donors (Lipinski definition) is 0. The monoisotopic (exact) mass is 312 g/mol. The van der Waals surface area contributed by atoms with Crippen molar-refractivity contribution in [1.29, 1.82) is 0 Å². The Hall–Kier alpha value is -1.06. The van der Waals surface area contributed by atoms with E-state index < -0.39 is 0 Å². The molecule has 1 saturated carbocycles. The fraction of sp³-hybridized carbons (Fsp3) is 0.889. The van der Waals surface area contributed by atoms with Crippen LogP contribution in [0.25, 0.3) is 0 Å². The fourth-order valence-electron chi connectivity index (χ4n) is 2.77. The zero-order chi connectivity index (χ0) is 16.5. The van der Waals surface area contributed by atoms with Crippen molar-refractivity contribution >= 4 is 11.9 Å². The van der Waals surface area contributed by atoms with E-state index in [1.54, 1.807) is 0 Å². The van der Waals surface area contributed by atoms with Crippen molar-refractivity contribution in [1.82, 2.24) is 0 Å². The molecule has 0 atom stereocenters. The Morgan fingerprint density at radius 3 is 1.36 bits per heavy atom. The topological polar surface area (TPSA) is 52.6 Å². The molecule has 0 radical (unpaired) electrons. The molecule has 0 aromatic carbocycles. The second kappa shape index (κ2) is 9.86. The number of hydrogen-bond acceptors (Lipinski definition) is 4. The highest BCUT2D eigenvalue weighted by atomic mass is 16.5. The third kappa shape index (κ3) is 8.40. The molecule has 0 aromatic heterocycles. The number of rotatable bonds is 8. The molecule has 1 aliphatic carbocycles. The van der Waals surface area contributed by atoms with Gasteiger partial charge in [0.2, 0.25) is 0 Å². The van der Waals surface area contributed by atoms with Crippen LogP contribution < -0.4 is 0 Å². The van der Waals surface area contributed by atoms with E-state index in [4.69, 9.17) is 9.47 Å². The first kappa shape index (κ1) is 19.0.